The van der Waals surface area contributed by atoms with Crippen molar-refractivity contribution in [2.45, 2.75) is 88.3 Å². The van der Waals surface area contributed by atoms with E-state index in [9.17, 15) is 27.9 Å². The molecule has 2 aliphatic heterocycles. The van der Waals surface area contributed by atoms with Crippen LogP contribution in [-0.4, -0.2) is 70.2 Å². The largest absolute Gasteiger partial charge is 0.483 e. The molecule has 3 aromatic carbocycles. The number of nitrogens with zero attached hydrogens (tertiary/aromatic N) is 2. The van der Waals surface area contributed by atoms with E-state index in [4.69, 9.17) is 9.47 Å². The Morgan fingerprint density at radius 2 is 1.82 bits per heavy atom. The predicted molar refractivity (Wildman–Crippen MR) is 183 cm³/mol. The molecule has 0 unspecified atom stereocenters. The summed E-state index contributed by atoms with van der Waals surface area (Å²) in [6.07, 6.45) is 0.926. The molecule has 2 bridgehead atoms. The molecular weight excluding hydrogens is 645 g/mol. The number of halogens is 3. The van der Waals surface area contributed by atoms with Crippen molar-refractivity contribution < 1.29 is 37.3 Å². The molecule has 1 saturated carbocycles. The van der Waals surface area contributed by atoms with Gasteiger partial charge in [0.15, 0.2) is 11.5 Å². The fourth-order valence-corrected chi connectivity index (χ4v) is 9.16. The van der Waals surface area contributed by atoms with Gasteiger partial charge in [0, 0.05) is 37.7 Å². The summed E-state index contributed by atoms with van der Waals surface area (Å²) < 4.78 is 51.9. The molecule has 0 radical (unpaired) electrons. The summed E-state index contributed by atoms with van der Waals surface area (Å²) >= 11 is 0. The molecule has 1 N–H and O–H groups in total. The molecule has 2 heterocycles. The molecule has 4 aliphatic rings. The molecule has 5 atom stereocenters. The van der Waals surface area contributed by atoms with Gasteiger partial charge in [-0.25, -0.2) is 0 Å². The van der Waals surface area contributed by atoms with Crippen molar-refractivity contribution in [2.24, 2.45) is 5.92 Å². The van der Waals surface area contributed by atoms with E-state index < -0.39 is 40.9 Å². The normalized spacial score (nSPS) is 26.8. The third kappa shape index (κ3) is 5.80. The van der Waals surface area contributed by atoms with Crippen LogP contribution in [0.2, 0.25) is 0 Å². The number of alkyl halides is 3. The Morgan fingerprint density at radius 3 is 2.50 bits per heavy atom. The minimum atomic E-state index is -4.45. The number of hydrogen-bond donors (Lipinski definition) is 1. The second kappa shape index (κ2) is 12.9. The quantitative estimate of drug-likeness (QED) is 0.155. The number of piperidine rings is 1. The lowest BCUT2D eigenvalue weighted by Crippen LogP contribution is -2.78. The number of ether oxygens (including phenoxy) is 2. The zero-order chi connectivity index (χ0) is 35.4. The highest BCUT2D eigenvalue weighted by atomic mass is 19.4. The molecule has 50 heavy (non-hydrogen) atoms. The van der Waals surface area contributed by atoms with Crippen molar-refractivity contribution in [1.82, 2.24) is 9.80 Å². The number of amides is 1. The van der Waals surface area contributed by atoms with Gasteiger partial charge >= 0.3 is 12.1 Å². The summed E-state index contributed by atoms with van der Waals surface area (Å²) in [5.41, 5.74) is 0.923. The van der Waals surface area contributed by atoms with Crippen molar-refractivity contribution in [3.63, 3.8) is 0 Å². The number of carbonyl (C=O) groups is 2. The molecule has 3 aromatic rings. The molecule has 1 saturated heterocycles. The Bertz CT molecular complexity index is 1790. The number of rotatable bonds is 9. The van der Waals surface area contributed by atoms with Crippen LogP contribution in [0.15, 0.2) is 72.8 Å². The van der Waals surface area contributed by atoms with E-state index in [1.807, 2.05) is 43.0 Å². The van der Waals surface area contributed by atoms with Crippen molar-refractivity contribution >= 4 is 18.0 Å². The number of likely N-dealkylation sites (tertiary alicyclic amines) is 1. The first-order valence-electron chi connectivity index (χ1n) is 17.5. The molecule has 7 nitrogen and oxygen atoms in total. The average Bonchev–Trinajstić information content (AvgIpc) is 3.43. The lowest BCUT2D eigenvalue weighted by Gasteiger charge is -2.65. The molecule has 1 amide bonds. The first-order valence-corrected chi connectivity index (χ1v) is 17.5. The molecule has 2 aliphatic carbocycles. The average molecular weight is 689 g/mol. The summed E-state index contributed by atoms with van der Waals surface area (Å²) in [5, 5.41) is 13.1. The van der Waals surface area contributed by atoms with Gasteiger partial charge in [0.1, 0.15) is 6.10 Å². The summed E-state index contributed by atoms with van der Waals surface area (Å²) in [6.45, 7) is 7.35. The summed E-state index contributed by atoms with van der Waals surface area (Å²) in [5.74, 6) is 0.139. The van der Waals surface area contributed by atoms with Crippen LogP contribution in [0.4, 0.5) is 13.2 Å². The number of benzene rings is 3. The van der Waals surface area contributed by atoms with E-state index >= 15 is 0 Å². The first kappa shape index (κ1) is 34.3. The number of hydrogen-bond acceptors (Lipinski definition) is 6. The standard InChI is InChI=1S/C40H43F3N2O5/c1-25(2)24-45(34(47)16-11-28-9-13-30(14-10-28)40(41,42)43)31-17-19-39(48)33-23-29-12-15-32(49-26(3)46)36-35(29)38(39,37(31)50-36)20-22-44(33)21-18-27-7-5-4-6-8-27/h4-16,25,31,33,37,48H,17-24H2,1-3H3/t31-,33-,37+,38+,39-/m1/s1. The highest BCUT2D eigenvalue weighted by Gasteiger charge is 2.73. The monoisotopic (exact) mass is 688 g/mol. The van der Waals surface area contributed by atoms with Crippen LogP contribution in [0, 0.1) is 5.92 Å². The van der Waals surface area contributed by atoms with Crippen LogP contribution in [0.25, 0.3) is 6.08 Å². The lowest BCUT2D eigenvalue weighted by molar-refractivity contribution is -0.201. The third-order valence-electron chi connectivity index (χ3n) is 11.2. The minimum Gasteiger partial charge on any atom is -0.483 e. The van der Waals surface area contributed by atoms with Crippen LogP contribution in [0.1, 0.15) is 67.9 Å². The Balaban J connectivity index is 1.25. The number of aliphatic hydroxyl groups is 1. The first-order chi connectivity index (χ1) is 23.8. The van der Waals surface area contributed by atoms with Gasteiger partial charge in [-0.15, -0.1) is 0 Å². The third-order valence-corrected chi connectivity index (χ3v) is 11.2. The topological polar surface area (TPSA) is 79.3 Å². The highest BCUT2D eigenvalue weighted by Crippen LogP contribution is 2.66. The maximum absolute atomic E-state index is 14.1. The molecule has 0 aromatic heterocycles. The molecule has 10 heteroatoms. The van der Waals surface area contributed by atoms with Gasteiger partial charge in [-0.1, -0.05) is 62.4 Å². The van der Waals surface area contributed by atoms with Gasteiger partial charge in [-0.05, 0) is 85.5 Å². The van der Waals surface area contributed by atoms with Crippen molar-refractivity contribution in [3.05, 3.63) is 101 Å². The van der Waals surface area contributed by atoms with Gasteiger partial charge in [0.2, 0.25) is 5.91 Å². The fraction of sp³-hybridized carbons (Fsp3) is 0.450. The highest BCUT2D eigenvalue weighted by molar-refractivity contribution is 5.92. The van der Waals surface area contributed by atoms with Crippen LogP contribution >= 0.6 is 0 Å². The smallest absolute Gasteiger partial charge is 0.416 e. The molecule has 7 rings (SSSR count). The van der Waals surface area contributed by atoms with Crippen LogP contribution in [0.3, 0.4) is 0 Å². The van der Waals surface area contributed by atoms with Crippen LogP contribution < -0.4 is 9.47 Å². The van der Waals surface area contributed by atoms with Crippen LogP contribution in [0.5, 0.6) is 11.5 Å². The summed E-state index contributed by atoms with van der Waals surface area (Å²) in [7, 11) is 0. The lowest BCUT2D eigenvalue weighted by atomic mass is 9.48. The molecule has 1 spiro atoms. The Labute approximate surface area is 290 Å². The van der Waals surface area contributed by atoms with Crippen molar-refractivity contribution in [2.75, 3.05) is 19.6 Å². The number of carbonyl (C=O) groups excluding carboxylic acids is 2. The van der Waals surface area contributed by atoms with Gasteiger partial charge < -0.3 is 19.5 Å². The number of esters is 1. The van der Waals surface area contributed by atoms with E-state index in [0.717, 1.165) is 42.8 Å². The minimum absolute atomic E-state index is 0.103. The Hall–Kier alpha value is -4.15. The zero-order valence-electron chi connectivity index (χ0n) is 28.6. The van der Waals surface area contributed by atoms with Crippen molar-refractivity contribution in [1.29, 1.82) is 0 Å². The van der Waals surface area contributed by atoms with Crippen LogP contribution in [-0.2, 0) is 34.0 Å². The molecule has 264 valence electrons. The maximum atomic E-state index is 14.1. The van der Waals surface area contributed by atoms with E-state index in [1.54, 1.807) is 6.07 Å². The molecule has 2 fully saturated rings. The Kier molecular flexibility index (Phi) is 8.83. The molecular formula is C40H43F3N2O5. The van der Waals surface area contributed by atoms with E-state index in [2.05, 4.69) is 17.0 Å². The zero-order valence-corrected chi connectivity index (χ0v) is 28.6. The second-order valence-electron chi connectivity index (χ2n) is 14.6. The second-order valence-corrected chi connectivity index (χ2v) is 14.6. The Morgan fingerprint density at radius 1 is 1.08 bits per heavy atom. The van der Waals surface area contributed by atoms with Gasteiger partial charge in [0.05, 0.1) is 22.6 Å². The maximum Gasteiger partial charge on any atom is 0.416 e. The van der Waals surface area contributed by atoms with E-state index in [-0.39, 0.29) is 17.9 Å². The van der Waals surface area contributed by atoms with Gasteiger partial charge in [-0.2, -0.15) is 13.2 Å². The van der Waals surface area contributed by atoms with Crippen molar-refractivity contribution in [3.8, 4) is 11.5 Å². The summed E-state index contributed by atoms with van der Waals surface area (Å²) in [6, 6.07) is 18.2. The van der Waals surface area contributed by atoms with E-state index in [1.165, 1.54) is 36.8 Å². The SMILES string of the molecule is CC(=O)Oc1ccc2c3c1O[C@H]1[C@H](N(CC(C)C)C(=O)C=Cc4ccc(C(F)(F)F)cc4)CC[C@@]4(O)[C@@H](C2)N(CCc2ccccc2)CC[C@]314. The predicted octanol–water partition coefficient (Wildman–Crippen LogP) is 6.59. The van der Waals surface area contributed by atoms with Gasteiger partial charge in [-0.3, -0.25) is 14.5 Å². The summed E-state index contributed by atoms with van der Waals surface area (Å²) in [4.78, 5) is 30.5. The van der Waals surface area contributed by atoms with E-state index in [0.29, 0.717) is 49.3 Å². The van der Waals surface area contributed by atoms with Gasteiger partial charge in [0.25, 0.3) is 0 Å². The fourth-order valence-electron chi connectivity index (χ4n) is 9.16.